The summed E-state index contributed by atoms with van der Waals surface area (Å²) in [4.78, 5) is 34.7. The molecule has 1 aromatic carbocycles. The highest BCUT2D eigenvalue weighted by molar-refractivity contribution is 6.21. The summed E-state index contributed by atoms with van der Waals surface area (Å²) in [6, 6.07) is 10.2. The summed E-state index contributed by atoms with van der Waals surface area (Å²) < 4.78 is 47.4. The van der Waals surface area contributed by atoms with E-state index in [1.165, 1.54) is 48.8 Å². The van der Waals surface area contributed by atoms with Crippen LogP contribution in [0.15, 0.2) is 65.4 Å². The molecule has 0 saturated carbocycles. The van der Waals surface area contributed by atoms with Crippen LogP contribution in [0.4, 0.5) is 19.0 Å². The SMILES string of the molecule is Nc1ccc(/C=C/C(=O)NCc2cc3cc(-c4ccc(C(=O)N5CCC(Cl)C5)cn4)cc(C(F)(F)F)c3o2)cn1. The predicted octanol–water partition coefficient (Wildman–Crippen LogP) is 5.27. The fourth-order valence-electron chi connectivity index (χ4n) is 4.35. The molecule has 1 fully saturated rings. The predicted molar refractivity (Wildman–Crippen MR) is 144 cm³/mol. The number of fused-ring (bicyclic) bond motifs is 1. The van der Waals surface area contributed by atoms with Crippen molar-refractivity contribution in [1.29, 1.82) is 0 Å². The van der Waals surface area contributed by atoms with E-state index in [0.29, 0.717) is 36.5 Å². The molecule has 5 rings (SSSR count). The molecular formula is C28H23ClF3N5O3. The van der Waals surface area contributed by atoms with Gasteiger partial charge in [0, 0.05) is 42.5 Å². The van der Waals surface area contributed by atoms with Crippen molar-refractivity contribution in [3.8, 4) is 11.3 Å². The first-order valence-electron chi connectivity index (χ1n) is 12.3. The maximum atomic E-state index is 14.0. The summed E-state index contributed by atoms with van der Waals surface area (Å²) in [6.07, 6.45) is 1.64. The second-order valence-electron chi connectivity index (χ2n) is 9.29. The highest BCUT2D eigenvalue weighted by atomic mass is 35.5. The van der Waals surface area contributed by atoms with Crippen LogP contribution in [0.25, 0.3) is 28.3 Å². The van der Waals surface area contributed by atoms with Crippen molar-refractivity contribution in [2.45, 2.75) is 24.5 Å². The number of carbonyl (C=O) groups excluding carboxylic acids is 2. The molecule has 0 aliphatic carbocycles. The van der Waals surface area contributed by atoms with Crippen molar-refractivity contribution >= 4 is 46.3 Å². The van der Waals surface area contributed by atoms with Crippen LogP contribution in [0.1, 0.15) is 33.7 Å². The van der Waals surface area contributed by atoms with Crippen LogP contribution in [0, 0.1) is 0 Å². The molecule has 1 aliphatic rings. The molecule has 1 unspecified atom stereocenters. The Hall–Kier alpha value is -4.38. The molecule has 3 N–H and O–H groups in total. The number of nitrogens with one attached hydrogen (secondary N) is 1. The Balaban J connectivity index is 1.35. The van der Waals surface area contributed by atoms with Gasteiger partial charge in [-0.25, -0.2) is 4.98 Å². The molecule has 40 heavy (non-hydrogen) atoms. The minimum Gasteiger partial charge on any atom is -0.459 e. The Bertz CT molecular complexity index is 1580. The molecule has 4 aromatic rings. The van der Waals surface area contributed by atoms with Gasteiger partial charge in [-0.15, -0.1) is 11.6 Å². The van der Waals surface area contributed by atoms with Crippen LogP contribution < -0.4 is 11.1 Å². The Morgan fingerprint density at radius 1 is 1.15 bits per heavy atom. The van der Waals surface area contributed by atoms with Crippen LogP contribution in [-0.2, 0) is 17.5 Å². The van der Waals surface area contributed by atoms with E-state index in [4.69, 9.17) is 21.8 Å². The molecule has 1 atom stereocenters. The van der Waals surface area contributed by atoms with E-state index >= 15 is 0 Å². The third-order valence-corrected chi connectivity index (χ3v) is 6.73. The van der Waals surface area contributed by atoms with Gasteiger partial charge in [0.05, 0.1) is 28.7 Å². The smallest absolute Gasteiger partial charge is 0.420 e. The van der Waals surface area contributed by atoms with E-state index in [-0.39, 0.29) is 45.8 Å². The van der Waals surface area contributed by atoms with E-state index in [2.05, 4.69) is 15.3 Å². The van der Waals surface area contributed by atoms with Crippen LogP contribution in [0.3, 0.4) is 0 Å². The average molecular weight is 570 g/mol. The van der Waals surface area contributed by atoms with Gasteiger partial charge in [0.15, 0.2) is 0 Å². The molecule has 12 heteroatoms. The van der Waals surface area contributed by atoms with Crippen molar-refractivity contribution in [1.82, 2.24) is 20.2 Å². The lowest BCUT2D eigenvalue weighted by molar-refractivity contribution is -0.136. The van der Waals surface area contributed by atoms with Gasteiger partial charge < -0.3 is 20.4 Å². The van der Waals surface area contributed by atoms with Gasteiger partial charge >= 0.3 is 6.18 Å². The number of benzene rings is 1. The number of alkyl halides is 4. The first-order valence-corrected chi connectivity index (χ1v) is 12.7. The lowest BCUT2D eigenvalue weighted by Crippen LogP contribution is -2.28. The third-order valence-electron chi connectivity index (χ3n) is 6.37. The third kappa shape index (κ3) is 6.09. The number of nitrogen functional groups attached to an aromatic ring is 1. The number of anilines is 1. The number of aromatic nitrogens is 2. The Labute approximate surface area is 231 Å². The number of halogens is 4. The standard InChI is InChI=1S/C28H23ClF3N5O3/c29-20-7-8-37(15-20)27(39)17-3-4-23(34-13-17)18-9-19-10-21(40-26(19)22(11-18)28(30,31)32)14-36-25(38)6-2-16-1-5-24(33)35-12-16/h1-6,9-13,20H,7-8,14-15H2,(H2,33,35)(H,36,38)/b6-2+. The second kappa shape index (κ2) is 11.0. The molecule has 0 spiro atoms. The molecule has 206 valence electrons. The van der Waals surface area contributed by atoms with Crippen LogP contribution >= 0.6 is 11.6 Å². The number of amides is 2. The van der Waals surface area contributed by atoms with Crippen molar-refractivity contribution < 1.29 is 27.2 Å². The second-order valence-corrected chi connectivity index (χ2v) is 9.91. The monoisotopic (exact) mass is 569 g/mol. The van der Waals surface area contributed by atoms with Gasteiger partial charge in [0.2, 0.25) is 5.91 Å². The molecular weight excluding hydrogens is 547 g/mol. The summed E-state index contributed by atoms with van der Waals surface area (Å²) in [7, 11) is 0. The van der Waals surface area contributed by atoms with Gasteiger partial charge in [-0.05, 0) is 60.5 Å². The van der Waals surface area contributed by atoms with Crippen LogP contribution in [0.2, 0.25) is 0 Å². The van der Waals surface area contributed by atoms with E-state index in [9.17, 15) is 22.8 Å². The highest BCUT2D eigenvalue weighted by Crippen LogP contribution is 2.39. The molecule has 1 saturated heterocycles. The van der Waals surface area contributed by atoms with E-state index in [0.717, 1.165) is 6.07 Å². The maximum absolute atomic E-state index is 14.0. The first-order chi connectivity index (χ1) is 19.1. The average Bonchev–Trinajstić information content (AvgIpc) is 3.56. The fraction of sp³-hybridized carbons (Fsp3) is 0.214. The minimum atomic E-state index is -4.70. The van der Waals surface area contributed by atoms with E-state index < -0.39 is 17.6 Å². The number of likely N-dealkylation sites (tertiary alicyclic amines) is 1. The Kier molecular flexibility index (Phi) is 7.49. The highest BCUT2D eigenvalue weighted by Gasteiger charge is 2.35. The van der Waals surface area contributed by atoms with Crippen LogP contribution in [0.5, 0.6) is 0 Å². The lowest BCUT2D eigenvalue weighted by Gasteiger charge is -2.15. The number of furan rings is 1. The summed E-state index contributed by atoms with van der Waals surface area (Å²) in [6.45, 7) is 0.854. The topological polar surface area (TPSA) is 114 Å². The minimum absolute atomic E-state index is 0.0968. The van der Waals surface area contributed by atoms with E-state index in [1.54, 1.807) is 17.0 Å². The van der Waals surface area contributed by atoms with Crippen molar-refractivity contribution in [3.63, 3.8) is 0 Å². The van der Waals surface area contributed by atoms with Crippen LogP contribution in [-0.4, -0.2) is 45.1 Å². The number of pyridine rings is 2. The van der Waals surface area contributed by atoms with Gasteiger partial charge in [-0.1, -0.05) is 0 Å². The number of rotatable bonds is 6. The zero-order valence-electron chi connectivity index (χ0n) is 20.9. The van der Waals surface area contributed by atoms with Gasteiger partial charge in [-0.2, -0.15) is 13.2 Å². The van der Waals surface area contributed by atoms with Gasteiger partial charge in [0.1, 0.15) is 17.2 Å². The molecule has 0 bridgehead atoms. The Morgan fingerprint density at radius 3 is 2.62 bits per heavy atom. The van der Waals surface area contributed by atoms with Gasteiger partial charge in [0.25, 0.3) is 5.91 Å². The molecule has 1 aliphatic heterocycles. The summed E-state index contributed by atoms with van der Waals surface area (Å²) in [5.41, 5.74) is 5.66. The normalized spacial score (nSPS) is 15.7. The first kappa shape index (κ1) is 27.2. The van der Waals surface area contributed by atoms with Crippen molar-refractivity contribution in [2.75, 3.05) is 18.8 Å². The summed E-state index contributed by atoms with van der Waals surface area (Å²) in [5, 5.41) is 2.69. The Morgan fingerprint density at radius 2 is 1.98 bits per heavy atom. The fourth-order valence-corrected chi connectivity index (χ4v) is 4.61. The quantitative estimate of drug-likeness (QED) is 0.241. The lowest BCUT2D eigenvalue weighted by atomic mass is 10.0. The van der Waals surface area contributed by atoms with Crippen molar-refractivity contribution in [3.05, 3.63) is 83.4 Å². The maximum Gasteiger partial charge on any atom is 0.420 e. The molecule has 3 aromatic heterocycles. The molecule has 2 amide bonds. The van der Waals surface area contributed by atoms with Gasteiger partial charge in [-0.3, -0.25) is 14.6 Å². The van der Waals surface area contributed by atoms with E-state index in [1.807, 2.05) is 0 Å². The summed E-state index contributed by atoms with van der Waals surface area (Å²) in [5.74, 6) is -0.206. The number of hydrogen-bond acceptors (Lipinski definition) is 6. The largest absolute Gasteiger partial charge is 0.459 e. The number of carbonyl (C=O) groups is 2. The zero-order valence-corrected chi connectivity index (χ0v) is 21.7. The molecule has 8 nitrogen and oxygen atoms in total. The number of nitrogens with zero attached hydrogens (tertiary/aromatic N) is 3. The van der Waals surface area contributed by atoms with Crippen molar-refractivity contribution in [2.24, 2.45) is 0 Å². The zero-order chi connectivity index (χ0) is 28.4. The molecule has 0 radical (unpaired) electrons. The summed E-state index contributed by atoms with van der Waals surface area (Å²) >= 11 is 6.08. The molecule has 4 heterocycles. The number of hydrogen-bond donors (Lipinski definition) is 2. The number of nitrogens with two attached hydrogens (primary N) is 1.